The highest BCUT2D eigenvalue weighted by molar-refractivity contribution is 5.91. The summed E-state index contributed by atoms with van der Waals surface area (Å²) in [5.74, 6) is 0.305. The van der Waals surface area contributed by atoms with E-state index in [0.717, 1.165) is 18.8 Å². The monoisotopic (exact) mass is 340 g/mol. The van der Waals surface area contributed by atoms with Crippen LogP contribution >= 0.6 is 0 Å². The second-order valence-corrected chi connectivity index (χ2v) is 6.10. The zero-order chi connectivity index (χ0) is 17.6. The number of hydrogen-bond donors (Lipinski definition) is 1. The largest absolute Gasteiger partial charge is 0.370 e. The third-order valence-electron chi connectivity index (χ3n) is 4.25. The molecule has 3 rings (SSSR count). The Hall–Kier alpha value is -2.96. The van der Waals surface area contributed by atoms with Crippen molar-refractivity contribution >= 4 is 23.1 Å². The Balaban J connectivity index is 1.56. The molecular formula is C18H20N4O3. The molecule has 1 aliphatic heterocycles. The Morgan fingerprint density at radius 3 is 2.44 bits per heavy atom. The molecule has 130 valence electrons. The number of carbonyl (C=O) groups is 1. The maximum absolute atomic E-state index is 12.1. The molecule has 7 heteroatoms. The molecule has 0 spiro atoms. The average Bonchev–Trinajstić information content (AvgIpc) is 2.63. The number of nitro groups is 1. The van der Waals surface area contributed by atoms with E-state index in [9.17, 15) is 14.9 Å². The van der Waals surface area contributed by atoms with Crippen LogP contribution in [0.1, 0.15) is 24.8 Å². The first-order valence-corrected chi connectivity index (χ1v) is 8.36. The van der Waals surface area contributed by atoms with E-state index in [0.29, 0.717) is 11.4 Å². The van der Waals surface area contributed by atoms with Crippen LogP contribution in [0.15, 0.2) is 42.6 Å². The van der Waals surface area contributed by atoms with Gasteiger partial charge in [-0.05, 0) is 37.0 Å². The summed E-state index contributed by atoms with van der Waals surface area (Å²) in [7, 11) is 0. The summed E-state index contributed by atoms with van der Waals surface area (Å²) in [4.78, 5) is 28.9. The standard InChI is InChI=1S/C18H20N4O3/c23-18(12-14-4-6-15(7-5-14)22(24)25)20-17-9-8-16(13-19-17)21-10-2-1-3-11-21/h4-9,13H,1-3,10-12H2,(H,19,20,23). The SMILES string of the molecule is O=C(Cc1ccc([N+](=O)[O-])cc1)Nc1ccc(N2CCCCC2)cn1. The Labute approximate surface area is 145 Å². The van der Waals surface area contributed by atoms with Gasteiger partial charge in [-0.15, -0.1) is 0 Å². The highest BCUT2D eigenvalue weighted by Crippen LogP contribution is 2.20. The molecule has 1 aromatic heterocycles. The number of amides is 1. The van der Waals surface area contributed by atoms with Gasteiger partial charge in [0.25, 0.3) is 5.69 Å². The predicted octanol–water partition coefficient (Wildman–Crippen LogP) is 3.16. The number of aromatic nitrogens is 1. The molecular weight excluding hydrogens is 320 g/mol. The normalized spacial score (nSPS) is 14.2. The van der Waals surface area contributed by atoms with Gasteiger partial charge in [0.05, 0.1) is 23.2 Å². The van der Waals surface area contributed by atoms with Crippen molar-refractivity contribution < 1.29 is 9.72 Å². The molecule has 1 amide bonds. The summed E-state index contributed by atoms with van der Waals surface area (Å²) in [6.07, 6.45) is 5.61. The van der Waals surface area contributed by atoms with E-state index < -0.39 is 4.92 Å². The molecule has 0 aliphatic carbocycles. The maximum atomic E-state index is 12.1. The molecule has 1 aromatic carbocycles. The minimum Gasteiger partial charge on any atom is -0.370 e. The molecule has 25 heavy (non-hydrogen) atoms. The first kappa shape index (κ1) is 16.9. The minimum atomic E-state index is -0.461. The summed E-state index contributed by atoms with van der Waals surface area (Å²) < 4.78 is 0. The van der Waals surface area contributed by atoms with Crippen molar-refractivity contribution in [2.45, 2.75) is 25.7 Å². The second-order valence-electron chi connectivity index (χ2n) is 6.10. The van der Waals surface area contributed by atoms with Crippen LogP contribution in [0, 0.1) is 10.1 Å². The topological polar surface area (TPSA) is 88.4 Å². The number of hydrogen-bond acceptors (Lipinski definition) is 5. The molecule has 7 nitrogen and oxygen atoms in total. The first-order chi connectivity index (χ1) is 12.1. The quantitative estimate of drug-likeness (QED) is 0.667. The summed E-state index contributed by atoms with van der Waals surface area (Å²) in [5, 5.41) is 13.4. The molecule has 0 radical (unpaired) electrons. The van der Waals surface area contributed by atoms with E-state index in [4.69, 9.17) is 0 Å². The lowest BCUT2D eigenvalue weighted by atomic mass is 10.1. The van der Waals surface area contributed by atoms with Crippen LogP contribution < -0.4 is 10.2 Å². The number of piperidine rings is 1. The first-order valence-electron chi connectivity index (χ1n) is 8.36. The molecule has 2 aromatic rings. The predicted molar refractivity (Wildman–Crippen MR) is 95.7 cm³/mol. The van der Waals surface area contributed by atoms with E-state index in [2.05, 4.69) is 15.2 Å². The lowest BCUT2D eigenvalue weighted by Gasteiger charge is -2.28. The van der Waals surface area contributed by atoms with Crippen LogP contribution in [0.3, 0.4) is 0 Å². The van der Waals surface area contributed by atoms with E-state index >= 15 is 0 Å². The highest BCUT2D eigenvalue weighted by atomic mass is 16.6. The number of nitrogens with one attached hydrogen (secondary N) is 1. The minimum absolute atomic E-state index is 0.0131. The molecule has 1 aliphatic rings. The van der Waals surface area contributed by atoms with Gasteiger partial charge in [-0.1, -0.05) is 12.1 Å². The van der Waals surface area contributed by atoms with Crippen LogP contribution in [0.25, 0.3) is 0 Å². The van der Waals surface area contributed by atoms with Gasteiger partial charge in [-0.2, -0.15) is 0 Å². The molecule has 1 fully saturated rings. The molecule has 0 unspecified atom stereocenters. The van der Waals surface area contributed by atoms with Crippen molar-refractivity contribution in [2.24, 2.45) is 0 Å². The fourth-order valence-electron chi connectivity index (χ4n) is 2.91. The van der Waals surface area contributed by atoms with E-state index in [1.165, 1.54) is 31.4 Å². The van der Waals surface area contributed by atoms with Gasteiger partial charge in [0.1, 0.15) is 5.82 Å². The second kappa shape index (κ2) is 7.74. The lowest BCUT2D eigenvalue weighted by Crippen LogP contribution is -2.29. The summed E-state index contributed by atoms with van der Waals surface area (Å²) in [5.41, 5.74) is 1.81. The lowest BCUT2D eigenvalue weighted by molar-refractivity contribution is -0.384. The van der Waals surface area contributed by atoms with Crippen LogP contribution in [-0.4, -0.2) is 28.9 Å². The molecule has 1 saturated heterocycles. The number of non-ortho nitro benzene ring substituents is 1. The number of carbonyl (C=O) groups excluding carboxylic acids is 1. The van der Waals surface area contributed by atoms with Crippen LogP contribution in [-0.2, 0) is 11.2 Å². The smallest absolute Gasteiger partial charge is 0.269 e. The Morgan fingerprint density at radius 2 is 1.84 bits per heavy atom. The van der Waals surface area contributed by atoms with Crippen molar-refractivity contribution in [3.63, 3.8) is 0 Å². The summed E-state index contributed by atoms with van der Waals surface area (Å²) >= 11 is 0. The van der Waals surface area contributed by atoms with Gasteiger partial charge >= 0.3 is 0 Å². The number of anilines is 2. The number of benzene rings is 1. The summed E-state index contributed by atoms with van der Waals surface area (Å²) in [6, 6.07) is 9.75. The van der Waals surface area contributed by atoms with E-state index in [1.54, 1.807) is 24.4 Å². The van der Waals surface area contributed by atoms with Crippen molar-refractivity contribution in [1.29, 1.82) is 0 Å². The molecule has 0 atom stereocenters. The van der Waals surface area contributed by atoms with Crippen molar-refractivity contribution in [3.8, 4) is 0 Å². The fourth-order valence-corrected chi connectivity index (χ4v) is 2.91. The van der Waals surface area contributed by atoms with Crippen molar-refractivity contribution in [1.82, 2.24) is 4.98 Å². The van der Waals surface area contributed by atoms with Gasteiger partial charge in [0.15, 0.2) is 0 Å². The van der Waals surface area contributed by atoms with Crippen LogP contribution in [0.5, 0.6) is 0 Å². The Kier molecular flexibility index (Phi) is 5.23. The summed E-state index contributed by atoms with van der Waals surface area (Å²) in [6.45, 7) is 2.10. The zero-order valence-electron chi connectivity index (χ0n) is 13.9. The molecule has 0 bridgehead atoms. The van der Waals surface area contributed by atoms with Gasteiger partial charge in [0.2, 0.25) is 5.91 Å². The number of rotatable bonds is 5. The average molecular weight is 340 g/mol. The number of nitrogens with zero attached hydrogens (tertiary/aromatic N) is 3. The van der Waals surface area contributed by atoms with Gasteiger partial charge in [-0.3, -0.25) is 14.9 Å². The van der Waals surface area contributed by atoms with Gasteiger partial charge in [-0.25, -0.2) is 4.98 Å². The van der Waals surface area contributed by atoms with Crippen molar-refractivity contribution in [3.05, 3.63) is 58.3 Å². The molecule has 0 saturated carbocycles. The Bertz CT molecular complexity index is 738. The fraction of sp³-hybridized carbons (Fsp3) is 0.333. The van der Waals surface area contributed by atoms with E-state index in [-0.39, 0.29) is 18.0 Å². The van der Waals surface area contributed by atoms with Crippen molar-refractivity contribution in [2.75, 3.05) is 23.3 Å². The van der Waals surface area contributed by atoms with Crippen LogP contribution in [0.4, 0.5) is 17.2 Å². The molecule has 1 N–H and O–H groups in total. The third-order valence-corrected chi connectivity index (χ3v) is 4.25. The number of nitro benzene ring substituents is 1. The van der Waals surface area contributed by atoms with E-state index in [1.807, 2.05) is 6.07 Å². The van der Waals surface area contributed by atoms with Crippen LogP contribution in [0.2, 0.25) is 0 Å². The van der Waals surface area contributed by atoms with Gasteiger partial charge in [0, 0.05) is 25.2 Å². The maximum Gasteiger partial charge on any atom is 0.269 e. The molecule has 2 heterocycles. The van der Waals surface area contributed by atoms with Gasteiger partial charge < -0.3 is 10.2 Å². The highest BCUT2D eigenvalue weighted by Gasteiger charge is 2.12. The zero-order valence-corrected chi connectivity index (χ0v) is 13.9. The Morgan fingerprint density at radius 1 is 1.12 bits per heavy atom. The number of pyridine rings is 1. The third kappa shape index (κ3) is 4.53.